The molecule has 0 unspecified atom stereocenters. The van der Waals surface area contributed by atoms with Crippen LogP contribution < -0.4 is 16.8 Å². The number of aromatic amines is 1. The summed E-state index contributed by atoms with van der Waals surface area (Å²) in [6.07, 6.45) is 3.10. The van der Waals surface area contributed by atoms with Crippen LogP contribution in [0.25, 0.3) is 21.7 Å². The number of H-pyrrole nitrogens is 1. The van der Waals surface area contributed by atoms with Crippen LogP contribution in [0, 0.1) is 12.3 Å². The van der Waals surface area contributed by atoms with Crippen molar-refractivity contribution in [1.82, 2.24) is 20.1 Å². The van der Waals surface area contributed by atoms with Gasteiger partial charge in [-0.1, -0.05) is 60.7 Å². The third-order valence-corrected chi connectivity index (χ3v) is 8.55. The Morgan fingerprint density at radius 1 is 1.10 bits per heavy atom. The molecule has 2 heterocycles. The van der Waals surface area contributed by atoms with Gasteiger partial charge in [0, 0.05) is 54.9 Å². The van der Waals surface area contributed by atoms with E-state index in [4.69, 9.17) is 16.9 Å². The lowest BCUT2D eigenvalue weighted by atomic mass is 9.97. The van der Waals surface area contributed by atoms with Crippen molar-refractivity contribution in [2.75, 3.05) is 26.2 Å². The molecule has 0 spiro atoms. The maximum absolute atomic E-state index is 13.8. The lowest BCUT2D eigenvalue weighted by Crippen LogP contribution is -2.62. The number of carbonyl (C=O) groups excluding carboxylic acids is 1. The van der Waals surface area contributed by atoms with E-state index >= 15 is 0 Å². The van der Waals surface area contributed by atoms with Gasteiger partial charge in [-0.25, -0.2) is 0 Å². The summed E-state index contributed by atoms with van der Waals surface area (Å²) in [5.74, 6) is -0.00927. The van der Waals surface area contributed by atoms with Crippen molar-refractivity contribution in [1.29, 1.82) is 5.41 Å². The molecule has 1 aliphatic heterocycles. The van der Waals surface area contributed by atoms with Crippen LogP contribution in [-0.2, 0) is 17.6 Å². The number of hydrogen-bond donors (Lipinski definition) is 5. The third kappa shape index (κ3) is 6.72. The number of benzene rings is 3. The number of piperazine rings is 1. The summed E-state index contributed by atoms with van der Waals surface area (Å²) in [4.78, 5) is 21.9. The topological polar surface area (TPSA) is 127 Å². The van der Waals surface area contributed by atoms with Gasteiger partial charge >= 0.3 is 0 Å². The fraction of sp³-hybridized carbons (Fsp3) is 0.394. The van der Waals surface area contributed by atoms with E-state index in [0.29, 0.717) is 19.5 Å². The van der Waals surface area contributed by atoms with Gasteiger partial charge in [0.1, 0.15) is 0 Å². The van der Waals surface area contributed by atoms with E-state index in [0.717, 1.165) is 43.3 Å². The first kappa shape index (κ1) is 28.6. The Kier molecular flexibility index (Phi) is 8.90. The van der Waals surface area contributed by atoms with Gasteiger partial charge in [0.25, 0.3) is 0 Å². The number of carbonyl (C=O) groups is 1. The van der Waals surface area contributed by atoms with Crippen LogP contribution in [0.4, 0.5) is 0 Å². The summed E-state index contributed by atoms with van der Waals surface area (Å²) in [6, 6.07) is 22.7. The molecule has 41 heavy (non-hydrogen) atoms. The number of hydrogen-bond acceptors (Lipinski definition) is 4. The fourth-order valence-corrected chi connectivity index (χ4v) is 6.32. The van der Waals surface area contributed by atoms with E-state index in [-0.39, 0.29) is 24.0 Å². The Balaban J connectivity index is 1.27. The number of fused-ring (bicyclic) bond motifs is 2. The second kappa shape index (κ2) is 12.7. The van der Waals surface area contributed by atoms with Crippen molar-refractivity contribution < 1.29 is 4.79 Å². The van der Waals surface area contributed by atoms with Crippen molar-refractivity contribution in [3.63, 3.8) is 0 Å². The van der Waals surface area contributed by atoms with Crippen LogP contribution in [0.1, 0.15) is 36.6 Å². The molecule has 0 aliphatic carbocycles. The summed E-state index contributed by atoms with van der Waals surface area (Å²) < 4.78 is 0. The van der Waals surface area contributed by atoms with E-state index < -0.39 is 6.04 Å². The van der Waals surface area contributed by atoms with Crippen LogP contribution in [0.2, 0.25) is 0 Å². The molecule has 0 bridgehead atoms. The number of aromatic nitrogens is 1. The average Bonchev–Trinajstić information content (AvgIpc) is 3.29. The summed E-state index contributed by atoms with van der Waals surface area (Å²) in [6.45, 7) is 7.36. The van der Waals surface area contributed by atoms with Crippen LogP contribution in [0.5, 0.6) is 0 Å². The van der Waals surface area contributed by atoms with Gasteiger partial charge < -0.3 is 26.7 Å². The molecule has 1 fully saturated rings. The lowest BCUT2D eigenvalue weighted by molar-refractivity contribution is -0.139. The molecule has 8 nitrogen and oxygen atoms in total. The standard InChI is InChI=1S/C33H43N7O/c1-22-20-40(32(41)30(34)19-24-13-14-25-8-3-4-9-26(25)18-24)27(10-7-16-37-33(35)36)21-39(22)17-15-28-23(2)38-31-12-6-5-11-29(28)31/h3-6,8-9,11-14,18,22,27,30,38H,7,10,15-17,19-21,34H2,1-2H3,(H4,35,36,37)/t22-,27+,30-/m1/s1. The lowest BCUT2D eigenvalue weighted by Gasteiger charge is -2.46. The molecule has 5 rings (SSSR count). The Morgan fingerprint density at radius 3 is 2.66 bits per heavy atom. The molecule has 216 valence electrons. The van der Waals surface area contributed by atoms with Crippen molar-refractivity contribution in [2.45, 2.75) is 57.7 Å². The van der Waals surface area contributed by atoms with E-state index in [1.807, 2.05) is 17.0 Å². The number of nitrogens with one attached hydrogen (secondary N) is 3. The van der Waals surface area contributed by atoms with Crippen molar-refractivity contribution in [2.24, 2.45) is 11.5 Å². The predicted molar refractivity (Wildman–Crippen MR) is 168 cm³/mol. The molecule has 3 aromatic carbocycles. The highest BCUT2D eigenvalue weighted by atomic mass is 16.2. The number of nitrogens with zero attached hydrogens (tertiary/aromatic N) is 2. The molecule has 8 heteroatoms. The number of para-hydroxylation sites is 1. The van der Waals surface area contributed by atoms with Gasteiger partial charge in [-0.3, -0.25) is 15.1 Å². The number of aryl methyl sites for hydroxylation is 1. The zero-order chi connectivity index (χ0) is 28.9. The summed E-state index contributed by atoms with van der Waals surface area (Å²) in [5, 5.41) is 14.0. The minimum atomic E-state index is -0.596. The molecule has 7 N–H and O–H groups in total. The SMILES string of the molecule is Cc1[nH]c2ccccc2c1CCN1C[C@H](CCCNC(=N)N)N(C(=O)[C@H](N)Cc2ccc3ccccc3c2)C[C@H]1C. The summed E-state index contributed by atoms with van der Waals surface area (Å²) >= 11 is 0. The number of amides is 1. The van der Waals surface area contributed by atoms with Gasteiger partial charge in [-0.15, -0.1) is 0 Å². The van der Waals surface area contributed by atoms with Crippen molar-refractivity contribution in [3.8, 4) is 0 Å². The van der Waals surface area contributed by atoms with Crippen LogP contribution in [0.3, 0.4) is 0 Å². The van der Waals surface area contributed by atoms with Crippen LogP contribution >= 0.6 is 0 Å². The normalized spacial score (nSPS) is 18.6. The first-order valence-corrected chi connectivity index (χ1v) is 14.7. The summed E-state index contributed by atoms with van der Waals surface area (Å²) in [5.41, 5.74) is 16.9. The monoisotopic (exact) mass is 553 g/mol. The van der Waals surface area contributed by atoms with Crippen molar-refractivity contribution >= 4 is 33.5 Å². The molecule has 1 aliphatic rings. The fourth-order valence-electron chi connectivity index (χ4n) is 6.32. The molecular formula is C33H43N7O. The highest BCUT2D eigenvalue weighted by molar-refractivity contribution is 5.85. The Bertz CT molecular complexity index is 1510. The smallest absolute Gasteiger partial charge is 0.240 e. The molecule has 4 aromatic rings. The second-order valence-corrected chi connectivity index (χ2v) is 11.5. The predicted octanol–water partition coefficient (Wildman–Crippen LogP) is 3.91. The first-order valence-electron chi connectivity index (χ1n) is 14.7. The molecule has 1 saturated heterocycles. The number of rotatable bonds is 10. The van der Waals surface area contributed by atoms with Crippen molar-refractivity contribution in [3.05, 3.63) is 83.6 Å². The average molecular weight is 554 g/mol. The van der Waals surface area contributed by atoms with Gasteiger partial charge in [-0.2, -0.15) is 0 Å². The molecular weight excluding hydrogens is 510 g/mol. The first-order chi connectivity index (χ1) is 19.8. The van der Waals surface area contributed by atoms with Gasteiger partial charge in [0.15, 0.2) is 5.96 Å². The number of guanidine groups is 1. The second-order valence-electron chi connectivity index (χ2n) is 11.5. The van der Waals surface area contributed by atoms with E-state index in [2.05, 4.69) is 83.6 Å². The third-order valence-electron chi connectivity index (χ3n) is 8.55. The minimum Gasteiger partial charge on any atom is -0.370 e. The van der Waals surface area contributed by atoms with Gasteiger partial charge in [0.05, 0.1) is 6.04 Å². The Morgan fingerprint density at radius 2 is 1.85 bits per heavy atom. The highest BCUT2D eigenvalue weighted by Crippen LogP contribution is 2.25. The highest BCUT2D eigenvalue weighted by Gasteiger charge is 2.36. The van der Waals surface area contributed by atoms with Gasteiger partial charge in [0.2, 0.25) is 5.91 Å². The molecule has 1 amide bonds. The van der Waals surface area contributed by atoms with Gasteiger partial charge in [-0.05, 0) is 67.5 Å². The Labute approximate surface area is 242 Å². The zero-order valence-corrected chi connectivity index (χ0v) is 24.2. The van der Waals surface area contributed by atoms with E-state index in [1.165, 1.54) is 27.5 Å². The molecule has 0 radical (unpaired) electrons. The maximum Gasteiger partial charge on any atom is 0.240 e. The summed E-state index contributed by atoms with van der Waals surface area (Å²) in [7, 11) is 0. The molecule has 3 atom stereocenters. The van der Waals surface area contributed by atoms with Crippen LogP contribution in [0.15, 0.2) is 66.7 Å². The maximum atomic E-state index is 13.8. The number of nitrogens with two attached hydrogens (primary N) is 2. The zero-order valence-electron chi connectivity index (χ0n) is 24.2. The van der Waals surface area contributed by atoms with E-state index in [9.17, 15) is 4.79 Å². The molecule has 0 saturated carbocycles. The Hall–Kier alpha value is -3.88. The minimum absolute atomic E-state index is 0.0154. The quantitative estimate of drug-likeness (QED) is 0.116. The van der Waals surface area contributed by atoms with E-state index in [1.54, 1.807) is 0 Å². The van der Waals surface area contributed by atoms with Crippen LogP contribution in [-0.4, -0.2) is 71.0 Å². The molecule has 1 aromatic heterocycles. The largest absolute Gasteiger partial charge is 0.370 e.